The smallest absolute Gasteiger partial charge is 0.305 e. The van der Waals surface area contributed by atoms with E-state index in [0.717, 1.165) is 5.56 Å². The number of hydrogen-bond donors (Lipinski definition) is 12. The predicted octanol–water partition coefficient (Wildman–Crippen LogP) is -0.392. The number of benzene rings is 2. The molecule has 436 valence electrons. The monoisotopic (exact) mass is 1150 g/mol. The summed E-state index contributed by atoms with van der Waals surface area (Å²) in [5, 5.41) is 41.6. The summed E-state index contributed by atoms with van der Waals surface area (Å²) in [7, 11) is 2.68. The van der Waals surface area contributed by atoms with Crippen LogP contribution < -0.4 is 48.3 Å². The second-order valence-corrected chi connectivity index (χ2v) is 22.8. The normalized spacial score (nSPS) is 21.2. The zero-order valence-corrected chi connectivity index (χ0v) is 47.2. The molecule has 2 aliphatic rings. The van der Waals surface area contributed by atoms with E-state index in [4.69, 9.17) is 10.8 Å². The Labute approximate surface area is 473 Å². The molecule has 0 spiro atoms. The van der Waals surface area contributed by atoms with Gasteiger partial charge in [0.05, 0.1) is 24.9 Å². The Hall–Kier alpha value is -7.03. The van der Waals surface area contributed by atoms with Crippen molar-refractivity contribution in [1.82, 2.24) is 57.4 Å². The molecule has 13 N–H and O–H groups in total. The van der Waals surface area contributed by atoms with Crippen molar-refractivity contribution >= 4 is 80.7 Å². The van der Waals surface area contributed by atoms with Gasteiger partial charge in [-0.05, 0) is 42.7 Å². The van der Waals surface area contributed by atoms with Crippen molar-refractivity contribution < 1.29 is 58.2 Å². The Balaban J connectivity index is 1.35. The molecule has 26 heteroatoms. The van der Waals surface area contributed by atoms with E-state index in [0.29, 0.717) is 36.3 Å². The number of hydrogen-bond acceptors (Lipinski definition) is 15. The third kappa shape index (κ3) is 19.1. The van der Waals surface area contributed by atoms with Gasteiger partial charge in [0.2, 0.25) is 53.2 Å². The van der Waals surface area contributed by atoms with E-state index in [9.17, 15) is 53.1 Å². The zero-order chi connectivity index (χ0) is 58.5. The third-order valence-corrected chi connectivity index (χ3v) is 16.5. The molecular formula is C54H76N12O12S2. The Morgan fingerprint density at radius 3 is 2.08 bits per heavy atom. The quantitative estimate of drug-likeness (QED) is 0.0508. The molecule has 2 aromatic carbocycles. The lowest BCUT2D eigenvalue weighted by molar-refractivity contribution is -0.143. The van der Waals surface area contributed by atoms with Crippen molar-refractivity contribution in [3.05, 3.63) is 90.0 Å². The first-order chi connectivity index (χ1) is 38.2. The molecule has 3 aromatic rings. The Kier molecular flexibility index (Phi) is 25.3. The minimum absolute atomic E-state index is 0.0606. The fourth-order valence-corrected chi connectivity index (χ4v) is 11.1. The summed E-state index contributed by atoms with van der Waals surface area (Å²) in [6.07, 6.45) is 1.88. The number of amides is 9. The van der Waals surface area contributed by atoms with Crippen LogP contribution in [0, 0.1) is 11.8 Å². The standard InChI is InChI=1S/C54H76N12O12S2/c1-6-30(3)43-51(75)59-37(23-33-15-10-8-11-16-33)47(71)57-20-22-79-80-28-40(49(73)63-43)62-52(76)44(31(4)7-2)64-50(74)41-19-14-21-66(41)54(78)39(24-34-17-12-9-13-18-34)61-48(72)38(25-35-27-56-29-58-35)60-53(77)45(32(5)67)65-46(70)36(55)26-42(68)69/h8-13,15-18,27,29-32,36-41,43-45,67H,6-7,14,19-26,28,55H2,1-5H3,(H,56,58)(H,57,71)(H,59,75)(H,60,77)(H,61,72)(H,62,76)(H,63,73)(H,64,74)(H,65,70)(H,68,69)/t30-,31-,32+,36-,37-,38-,39-,40-,41-,43-,44-,45-/m0/s1. The summed E-state index contributed by atoms with van der Waals surface area (Å²) in [5.41, 5.74) is 7.56. The third-order valence-electron chi connectivity index (χ3n) is 14.1. The number of aliphatic hydroxyl groups excluding tert-OH is 1. The van der Waals surface area contributed by atoms with E-state index >= 15 is 0 Å². The molecule has 0 saturated carbocycles. The van der Waals surface area contributed by atoms with Gasteiger partial charge >= 0.3 is 5.97 Å². The number of aliphatic hydroxyl groups is 1. The van der Waals surface area contributed by atoms with Gasteiger partial charge in [-0.3, -0.25) is 47.9 Å². The topological polar surface area (TPSA) is 365 Å². The van der Waals surface area contributed by atoms with E-state index in [1.165, 1.54) is 45.9 Å². The van der Waals surface area contributed by atoms with Crippen LogP contribution in [0.25, 0.3) is 0 Å². The van der Waals surface area contributed by atoms with Gasteiger partial charge in [-0.2, -0.15) is 0 Å². The number of carbonyl (C=O) groups excluding carboxylic acids is 9. The number of carboxylic acids is 1. The first-order valence-corrected chi connectivity index (χ1v) is 29.4. The van der Waals surface area contributed by atoms with Gasteiger partial charge < -0.3 is 68.4 Å². The number of nitrogens with two attached hydrogens (primary N) is 1. The largest absolute Gasteiger partial charge is 0.481 e. The van der Waals surface area contributed by atoms with Crippen molar-refractivity contribution in [2.75, 3.05) is 24.6 Å². The molecule has 1 aromatic heterocycles. The lowest BCUT2D eigenvalue weighted by Crippen LogP contribution is -2.62. The molecule has 2 aliphatic heterocycles. The number of carbonyl (C=O) groups is 10. The number of imidazole rings is 1. The van der Waals surface area contributed by atoms with Gasteiger partial charge in [0.15, 0.2) is 0 Å². The first kappa shape index (κ1) is 63.8. The number of nitrogens with zero attached hydrogens (tertiary/aromatic N) is 2. The molecule has 3 heterocycles. The molecule has 80 heavy (non-hydrogen) atoms. The predicted molar refractivity (Wildman–Crippen MR) is 300 cm³/mol. The molecule has 12 atom stereocenters. The van der Waals surface area contributed by atoms with Gasteiger partial charge in [0, 0.05) is 55.7 Å². The lowest BCUT2D eigenvalue weighted by atomic mass is 9.96. The van der Waals surface area contributed by atoms with Crippen LogP contribution in [0.1, 0.15) is 83.5 Å². The zero-order valence-electron chi connectivity index (χ0n) is 45.6. The molecule has 24 nitrogen and oxygen atoms in total. The van der Waals surface area contributed by atoms with Gasteiger partial charge in [-0.15, -0.1) is 0 Å². The lowest BCUT2D eigenvalue weighted by Gasteiger charge is -2.32. The first-order valence-electron chi connectivity index (χ1n) is 26.9. The van der Waals surface area contributed by atoms with E-state index < -0.39 is 126 Å². The summed E-state index contributed by atoms with van der Waals surface area (Å²) in [4.78, 5) is 146. The molecule has 0 unspecified atom stereocenters. The van der Waals surface area contributed by atoms with Crippen molar-refractivity contribution in [2.45, 2.75) is 146 Å². The number of aromatic amines is 1. The number of aliphatic carboxylic acids is 1. The van der Waals surface area contributed by atoms with E-state index in [1.807, 2.05) is 44.2 Å². The average Bonchev–Trinajstić information content (AvgIpc) is 4.16. The fraction of sp³-hybridized carbons (Fsp3) is 0.537. The molecule has 2 fully saturated rings. The Morgan fingerprint density at radius 1 is 0.775 bits per heavy atom. The maximum Gasteiger partial charge on any atom is 0.305 e. The van der Waals surface area contributed by atoms with E-state index in [1.54, 1.807) is 44.2 Å². The van der Waals surface area contributed by atoms with Crippen molar-refractivity contribution in [1.29, 1.82) is 0 Å². The van der Waals surface area contributed by atoms with Crippen molar-refractivity contribution in [2.24, 2.45) is 17.6 Å². The van der Waals surface area contributed by atoms with Crippen LogP contribution in [0.4, 0.5) is 0 Å². The SMILES string of the molecule is CC[C@H](C)[C@@H]1NC(=O)[C@@H](NC(=O)[C@@H](NC(=O)[C@@H]2CCCN2C(=O)[C@H](Cc2ccccc2)NC(=O)[C@H](Cc2cnc[nH]2)NC(=O)[C@@H](NC(=O)[C@@H](N)CC(=O)O)[C@@H](C)O)[C@@H](C)CC)CSSCCNC(=O)[C@H](Cc2ccccc2)NC1=O. The van der Waals surface area contributed by atoms with Gasteiger partial charge in [-0.25, -0.2) is 4.98 Å². The Morgan fingerprint density at radius 2 is 1.45 bits per heavy atom. The van der Waals surface area contributed by atoms with Gasteiger partial charge in [0.1, 0.15) is 48.3 Å². The number of carboxylic acid groups (broad SMARTS) is 1. The summed E-state index contributed by atoms with van der Waals surface area (Å²) in [5.74, 6) is -8.18. The highest BCUT2D eigenvalue weighted by Gasteiger charge is 2.42. The van der Waals surface area contributed by atoms with Crippen LogP contribution in [-0.2, 0) is 67.2 Å². The summed E-state index contributed by atoms with van der Waals surface area (Å²) in [6.45, 7) is 8.83. The molecule has 0 aliphatic carbocycles. The van der Waals surface area contributed by atoms with Crippen LogP contribution in [0.3, 0.4) is 0 Å². The minimum Gasteiger partial charge on any atom is -0.481 e. The minimum atomic E-state index is -1.69. The van der Waals surface area contributed by atoms with Gasteiger partial charge in [-0.1, -0.05) is 123 Å². The number of aromatic nitrogens is 2. The highest BCUT2D eigenvalue weighted by molar-refractivity contribution is 8.76. The van der Waals surface area contributed by atoms with E-state index in [2.05, 4.69) is 52.5 Å². The van der Waals surface area contributed by atoms with Gasteiger partial charge in [0.25, 0.3) is 0 Å². The number of nitrogens with one attached hydrogen (secondary N) is 9. The van der Waals surface area contributed by atoms with Crippen LogP contribution in [-0.4, -0.2) is 169 Å². The van der Waals surface area contributed by atoms with Crippen LogP contribution >= 0.6 is 21.6 Å². The molecule has 0 radical (unpaired) electrons. The Bertz CT molecular complexity index is 2580. The number of H-pyrrole nitrogens is 1. The molecule has 2 saturated heterocycles. The molecule has 0 bridgehead atoms. The van der Waals surface area contributed by atoms with Crippen molar-refractivity contribution in [3.63, 3.8) is 0 Å². The second kappa shape index (κ2) is 31.7. The second-order valence-electron chi connectivity index (χ2n) is 20.2. The van der Waals surface area contributed by atoms with Crippen LogP contribution in [0.15, 0.2) is 73.2 Å². The number of likely N-dealkylation sites (tertiary alicyclic amines) is 1. The highest BCUT2D eigenvalue weighted by atomic mass is 33.1. The summed E-state index contributed by atoms with van der Waals surface area (Å²) >= 11 is 0. The molecular weight excluding hydrogens is 1070 g/mol. The maximum absolute atomic E-state index is 14.9. The van der Waals surface area contributed by atoms with E-state index in [-0.39, 0.29) is 56.4 Å². The van der Waals surface area contributed by atoms with Crippen LogP contribution in [0.2, 0.25) is 0 Å². The summed E-state index contributed by atoms with van der Waals surface area (Å²) in [6, 6.07) is 6.46. The van der Waals surface area contributed by atoms with Crippen LogP contribution in [0.5, 0.6) is 0 Å². The van der Waals surface area contributed by atoms with Crippen molar-refractivity contribution in [3.8, 4) is 0 Å². The summed E-state index contributed by atoms with van der Waals surface area (Å²) < 4.78 is 0. The fourth-order valence-electron chi connectivity index (χ4n) is 9.05. The maximum atomic E-state index is 14.9. The molecule has 5 rings (SSSR count). The average molecular weight is 1150 g/mol. The highest BCUT2D eigenvalue weighted by Crippen LogP contribution is 2.24. The molecule has 9 amide bonds. The number of rotatable bonds is 24.